The number of aliphatic carboxylic acids is 1. The monoisotopic (exact) mass is 479 g/mol. The summed E-state index contributed by atoms with van der Waals surface area (Å²) in [7, 11) is 0. The zero-order valence-electron chi connectivity index (χ0n) is 19.9. The fourth-order valence-corrected chi connectivity index (χ4v) is 3.07. The lowest BCUT2D eigenvalue weighted by Gasteiger charge is -2.24. The first-order chi connectivity index (χ1) is 16.0. The molecule has 0 bridgehead atoms. The van der Waals surface area contributed by atoms with E-state index in [1.165, 1.54) is 19.1 Å². The highest BCUT2D eigenvalue weighted by molar-refractivity contribution is 5.94. The van der Waals surface area contributed by atoms with Gasteiger partial charge >= 0.3 is 5.97 Å². The largest absolute Gasteiger partial charge is 0.508 e. The SMILES string of the molecule is CC(NC(=O)C(N)C(C)C)C(=O)NC(Cc1ccc(O)cc1)C(=O)NC(CCCCN)C(=O)O. The van der Waals surface area contributed by atoms with Gasteiger partial charge in [0.05, 0.1) is 6.04 Å². The molecule has 34 heavy (non-hydrogen) atoms. The van der Waals surface area contributed by atoms with Gasteiger partial charge in [0, 0.05) is 6.42 Å². The van der Waals surface area contributed by atoms with Crippen molar-refractivity contribution in [2.75, 3.05) is 6.54 Å². The molecule has 0 heterocycles. The van der Waals surface area contributed by atoms with E-state index in [0.717, 1.165) is 0 Å². The minimum Gasteiger partial charge on any atom is -0.508 e. The maximum atomic E-state index is 13.0. The highest BCUT2D eigenvalue weighted by Gasteiger charge is 2.29. The van der Waals surface area contributed by atoms with Gasteiger partial charge in [-0.25, -0.2) is 4.79 Å². The number of carbonyl (C=O) groups is 4. The minimum atomic E-state index is -1.19. The molecule has 0 aromatic heterocycles. The molecule has 11 heteroatoms. The van der Waals surface area contributed by atoms with Crippen LogP contribution in [0.1, 0.15) is 45.6 Å². The van der Waals surface area contributed by atoms with E-state index in [2.05, 4.69) is 16.0 Å². The Morgan fingerprint density at radius 2 is 1.47 bits per heavy atom. The Morgan fingerprint density at radius 1 is 0.882 bits per heavy atom. The normalized spacial score (nSPS) is 14.5. The number of carbonyl (C=O) groups excluding carboxylic acids is 3. The van der Waals surface area contributed by atoms with Gasteiger partial charge in [0.25, 0.3) is 0 Å². The molecule has 11 nitrogen and oxygen atoms in total. The fraction of sp³-hybridized carbons (Fsp3) is 0.565. The number of phenols is 1. The van der Waals surface area contributed by atoms with Gasteiger partial charge in [0.15, 0.2) is 0 Å². The number of nitrogens with two attached hydrogens (primary N) is 2. The van der Waals surface area contributed by atoms with E-state index in [9.17, 15) is 29.4 Å². The Kier molecular flexibility index (Phi) is 12.0. The number of carboxylic acids is 1. The number of nitrogens with one attached hydrogen (secondary N) is 3. The Hall–Kier alpha value is -3.18. The topological polar surface area (TPSA) is 197 Å². The maximum Gasteiger partial charge on any atom is 0.326 e. The summed E-state index contributed by atoms with van der Waals surface area (Å²) >= 11 is 0. The lowest BCUT2D eigenvalue weighted by Crippen LogP contribution is -2.57. The number of hydrogen-bond acceptors (Lipinski definition) is 7. The lowest BCUT2D eigenvalue weighted by atomic mass is 10.0. The average Bonchev–Trinajstić information content (AvgIpc) is 2.78. The third-order valence-electron chi connectivity index (χ3n) is 5.34. The molecule has 1 aromatic rings. The summed E-state index contributed by atoms with van der Waals surface area (Å²) in [4.78, 5) is 49.5. The van der Waals surface area contributed by atoms with Crippen molar-refractivity contribution in [1.82, 2.24) is 16.0 Å². The van der Waals surface area contributed by atoms with Crippen molar-refractivity contribution in [3.63, 3.8) is 0 Å². The van der Waals surface area contributed by atoms with Gasteiger partial charge in [0.1, 0.15) is 23.9 Å². The number of carboxylic acid groups (broad SMARTS) is 1. The van der Waals surface area contributed by atoms with Crippen LogP contribution in [-0.2, 0) is 25.6 Å². The molecule has 1 rings (SSSR count). The lowest BCUT2D eigenvalue weighted by molar-refractivity contribution is -0.142. The molecular formula is C23H37N5O6. The third kappa shape index (κ3) is 9.75. The van der Waals surface area contributed by atoms with Crippen LogP contribution in [0.2, 0.25) is 0 Å². The van der Waals surface area contributed by atoms with Crippen LogP contribution in [0.15, 0.2) is 24.3 Å². The number of benzene rings is 1. The molecule has 0 aliphatic rings. The zero-order chi connectivity index (χ0) is 25.8. The van der Waals surface area contributed by atoms with Crippen molar-refractivity contribution in [2.24, 2.45) is 17.4 Å². The van der Waals surface area contributed by atoms with Crippen molar-refractivity contribution in [1.29, 1.82) is 0 Å². The average molecular weight is 480 g/mol. The molecule has 1 aromatic carbocycles. The van der Waals surface area contributed by atoms with Crippen LogP contribution in [0.3, 0.4) is 0 Å². The number of amides is 3. The molecule has 3 amide bonds. The van der Waals surface area contributed by atoms with E-state index in [4.69, 9.17) is 11.5 Å². The van der Waals surface area contributed by atoms with E-state index in [-0.39, 0.29) is 24.5 Å². The fourth-order valence-electron chi connectivity index (χ4n) is 3.07. The van der Waals surface area contributed by atoms with Crippen molar-refractivity contribution in [2.45, 2.75) is 70.6 Å². The number of hydrogen-bond donors (Lipinski definition) is 7. The van der Waals surface area contributed by atoms with E-state index in [0.29, 0.717) is 24.9 Å². The van der Waals surface area contributed by atoms with Gasteiger partial charge in [0.2, 0.25) is 17.7 Å². The van der Waals surface area contributed by atoms with Crippen LogP contribution in [0.25, 0.3) is 0 Å². The maximum absolute atomic E-state index is 13.0. The van der Waals surface area contributed by atoms with E-state index < -0.39 is 47.9 Å². The molecule has 4 unspecified atom stereocenters. The van der Waals surface area contributed by atoms with Crippen LogP contribution >= 0.6 is 0 Å². The number of unbranched alkanes of at least 4 members (excludes halogenated alkanes) is 1. The van der Waals surface area contributed by atoms with Gasteiger partial charge in [-0.2, -0.15) is 0 Å². The summed E-state index contributed by atoms with van der Waals surface area (Å²) in [5.41, 5.74) is 11.9. The van der Waals surface area contributed by atoms with Crippen molar-refractivity contribution in [3.05, 3.63) is 29.8 Å². The van der Waals surface area contributed by atoms with Crippen LogP contribution in [0, 0.1) is 5.92 Å². The molecule has 0 radical (unpaired) electrons. The summed E-state index contributed by atoms with van der Waals surface area (Å²) in [6.07, 6.45) is 1.36. The summed E-state index contributed by atoms with van der Waals surface area (Å²) in [5, 5.41) is 26.5. The molecule has 190 valence electrons. The summed E-state index contributed by atoms with van der Waals surface area (Å²) in [6.45, 7) is 5.42. The molecule has 0 aliphatic heterocycles. The van der Waals surface area contributed by atoms with Gasteiger partial charge in [-0.05, 0) is 56.3 Å². The van der Waals surface area contributed by atoms with Gasteiger partial charge in [-0.1, -0.05) is 26.0 Å². The van der Waals surface area contributed by atoms with Crippen LogP contribution in [0.4, 0.5) is 0 Å². The van der Waals surface area contributed by atoms with Crippen LogP contribution in [0.5, 0.6) is 5.75 Å². The first-order valence-corrected chi connectivity index (χ1v) is 11.3. The molecular weight excluding hydrogens is 442 g/mol. The molecule has 0 spiro atoms. The smallest absolute Gasteiger partial charge is 0.326 e. The number of rotatable bonds is 14. The minimum absolute atomic E-state index is 0.0393. The first kappa shape index (κ1) is 28.9. The molecule has 4 atom stereocenters. The molecule has 0 saturated carbocycles. The molecule has 0 saturated heterocycles. The quantitative estimate of drug-likeness (QED) is 0.175. The second-order valence-corrected chi connectivity index (χ2v) is 8.62. The molecule has 0 aliphatic carbocycles. The van der Waals surface area contributed by atoms with Gasteiger partial charge in [-0.15, -0.1) is 0 Å². The Labute approximate surface area is 199 Å². The van der Waals surface area contributed by atoms with Crippen molar-refractivity contribution < 1.29 is 29.4 Å². The van der Waals surface area contributed by atoms with Crippen molar-refractivity contribution in [3.8, 4) is 5.75 Å². The highest BCUT2D eigenvalue weighted by atomic mass is 16.4. The predicted octanol–water partition coefficient (Wildman–Crippen LogP) is -0.394. The Morgan fingerprint density at radius 3 is 2.00 bits per heavy atom. The van der Waals surface area contributed by atoms with Crippen LogP contribution in [-0.4, -0.2) is 64.6 Å². The molecule has 0 fully saturated rings. The highest BCUT2D eigenvalue weighted by Crippen LogP contribution is 2.12. The number of aromatic hydroxyl groups is 1. The van der Waals surface area contributed by atoms with Gasteiger partial charge in [-0.3, -0.25) is 14.4 Å². The Balaban J connectivity index is 2.97. The van der Waals surface area contributed by atoms with E-state index in [1.54, 1.807) is 26.0 Å². The Bertz CT molecular complexity index is 830. The summed E-state index contributed by atoms with van der Waals surface area (Å²) in [6, 6.07) is 2.02. The van der Waals surface area contributed by atoms with Gasteiger partial charge < -0.3 is 37.6 Å². The van der Waals surface area contributed by atoms with Crippen molar-refractivity contribution >= 4 is 23.7 Å². The van der Waals surface area contributed by atoms with Crippen LogP contribution < -0.4 is 27.4 Å². The standard InChI is InChI=1S/C23H37N5O6/c1-13(2)19(25)22(32)26-14(3)20(30)28-18(12-15-7-9-16(29)10-8-15)21(31)27-17(23(33)34)6-4-5-11-24/h7-10,13-14,17-19,29H,4-6,11-12,24-25H2,1-3H3,(H,26,32)(H,27,31)(H,28,30)(H,33,34). The summed E-state index contributed by atoms with van der Waals surface area (Å²) in [5.74, 6) is -3.09. The zero-order valence-corrected chi connectivity index (χ0v) is 19.9. The number of phenolic OH excluding ortho intramolecular Hbond substituents is 1. The predicted molar refractivity (Wildman–Crippen MR) is 127 cm³/mol. The van der Waals surface area contributed by atoms with E-state index >= 15 is 0 Å². The first-order valence-electron chi connectivity index (χ1n) is 11.3. The molecule has 9 N–H and O–H groups in total. The second-order valence-electron chi connectivity index (χ2n) is 8.62. The summed E-state index contributed by atoms with van der Waals surface area (Å²) < 4.78 is 0. The van der Waals surface area contributed by atoms with E-state index in [1.807, 2.05) is 0 Å². The second kappa shape index (κ2) is 14.2. The third-order valence-corrected chi connectivity index (χ3v) is 5.34.